The zero-order chi connectivity index (χ0) is 31.8. The van der Waals surface area contributed by atoms with Gasteiger partial charge in [0.05, 0.1) is 11.5 Å². The molecule has 4 fully saturated rings. The topological polar surface area (TPSA) is 102 Å². The molecule has 7 nitrogen and oxygen atoms in total. The molecule has 3 atom stereocenters. The highest BCUT2D eigenvalue weighted by Crippen LogP contribution is 2.41. The average Bonchev–Trinajstić information content (AvgIpc) is 3.07. The van der Waals surface area contributed by atoms with Crippen molar-refractivity contribution in [2.24, 2.45) is 23.5 Å². The van der Waals surface area contributed by atoms with E-state index in [2.05, 4.69) is 4.72 Å². The number of carbonyl (C=O) groups is 1. The summed E-state index contributed by atoms with van der Waals surface area (Å²) in [5.41, 5.74) is 7.12. The van der Waals surface area contributed by atoms with Crippen LogP contribution < -0.4 is 15.2 Å². The first kappa shape index (κ1) is 31.9. The fourth-order valence-corrected chi connectivity index (χ4v) is 8.08. The van der Waals surface area contributed by atoms with Gasteiger partial charge in [0, 0.05) is 29.7 Å². The molecule has 0 aromatic heterocycles. The molecule has 1 amide bonds. The molecule has 2 aliphatic heterocycles. The standard InChI is InChI=1S/C34H38ClF2N3O4S/c35-28-12-8-24(9-13-28)23-6-10-27(11-7-23)34(36,37)32(33(41)40-19-25-18-26(20-40)31(25)38)39-45(42,43)30-16-14-29(15-17-30)44-21-22-4-2-1-3-5-22/h6-17,22,25-26,31-32,39H,1-5,18-21,38H2. The smallest absolute Gasteiger partial charge is 0.298 e. The molecule has 45 heavy (non-hydrogen) atoms. The van der Waals surface area contributed by atoms with E-state index < -0.39 is 33.5 Å². The van der Waals surface area contributed by atoms with E-state index in [0.717, 1.165) is 24.8 Å². The van der Waals surface area contributed by atoms with Gasteiger partial charge in [0.25, 0.3) is 5.92 Å². The molecule has 3 unspecified atom stereocenters. The van der Waals surface area contributed by atoms with E-state index in [1.807, 2.05) is 0 Å². The first-order chi connectivity index (χ1) is 21.5. The monoisotopic (exact) mass is 657 g/mol. The molecular weight excluding hydrogens is 620 g/mol. The van der Waals surface area contributed by atoms with Crippen LogP contribution in [0.25, 0.3) is 11.1 Å². The number of ether oxygens (including phenoxy) is 1. The summed E-state index contributed by atoms with van der Waals surface area (Å²) in [6.45, 7) is 0.978. The van der Waals surface area contributed by atoms with Gasteiger partial charge in [-0.05, 0) is 84.5 Å². The van der Waals surface area contributed by atoms with Crippen LogP contribution in [0.3, 0.4) is 0 Å². The number of rotatable bonds is 10. The molecule has 2 saturated heterocycles. The van der Waals surface area contributed by atoms with Gasteiger partial charge in [0.1, 0.15) is 5.75 Å². The summed E-state index contributed by atoms with van der Waals surface area (Å²) in [5, 5.41) is 0.549. The van der Waals surface area contributed by atoms with Crippen LogP contribution in [-0.2, 0) is 20.7 Å². The van der Waals surface area contributed by atoms with Crippen LogP contribution in [0.5, 0.6) is 5.75 Å². The fraction of sp³-hybridized carbons (Fsp3) is 0.441. The summed E-state index contributed by atoms with van der Waals surface area (Å²) in [5.74, 6) is -3.85. The average molecular weight is 658 g/mol. The van der Waals surface area contributed by atoms with Gasteiger partial charge in [0.2, 0.25) is 15.9 Å². The number of nitrogens with zero attached hydrogens (tertiary/aromatic N) is 1. The van der Waals surface area contributed by atoms with Crippen LogP contribution in [0.4, 0.5) is 8.78 Å². The predicted octanol–water partition coefficient (Wildman–Crippen LogP) is 6.21. The van der Waals surface area contributed by atoms with Crippen molar-refractivity contribution in [3.63, 3.8) is 0 Å². The molecule has 4 aliphatic rings. The van der Waals surface area contributed by atoms with Crippen LogP contribution in [0.1, 0.15) is 44.1 Å². The van der Waals surface area contributed by atoms with Gasteiger partial charge in [-0.15, -0.1) is 0 Å². The molecule has 2 bridgehead atoms. The third kappa shape index (κ3) is 6.89. The van der Waals surface area contributed by atoms with Crippen LogP contribution in [0, 0.1) is 17.8 Å². The van der Waals surface area contributed by atoms with Gasteiger partial charge in [-0.2, -0.15) is 13.5 Å². The zero-order valence-electron chi connectivity index (χ0n) is 24.9. The highest BCUT2D eigenvalue weighted by molar-refractivity contribution is 7.89. The molecule has 0 spiro atoms. The summed E-state index contributed by atoms with van der Waals surface area (Å²) in [6.07, 6.45) is 6.64. The van der Waals surface area contributed by atoms with E-state index in [4.69, 9.17) is 22.1 Å². The predicted molar refractivity (Wildman–Crippen MR) is 170 cm³/mol. The minimum absolute atomic E-state index is 0.0124. The second-order valence-corrected chi connectivity index (χ2v) is 14.8. The molecule has 2 saturated carbocycles. The summed E-state index contributed by atoms with van der Waals surface area (Å²) >= 11 is 5.98. The molecule has 2 heterocycles. The van der Waals surface area contributed by atoms with Crippen molar-refractivity contribution in [1.29, 1.82) is 0 Å². The highest BCUT2D eigenvalue weighted by atomic mass is 35.5. The summed E-state index contributed by atoms with van der Waals surface area (Å²) < 4.78 is 67.7. The largest absolute Gasteiger partial charge is 0.493 e. The van der Waals surface area contributed by atoms with Crippen LogP contribution in [0.15, 0.2) is 77.7 Å². The number of hydrogen-bond acceptors (Lipinski definition) is 5. The van der Waals surface area contributed by atoms with Crippen molar-refractivity contribution in [2.75, 3.05) is 19.7 Å². The number of nitrogens with one attached hydrogen (secondary N) is 1. The quantitative estimate of drug-likeness (QED) is 0.270. The van der Waals surface area contributed by atoms with Crippen LogP contribution >= 0.6 is 11.6 Å². The fourth-order valence-electron chi connectivity index (χ4n) is 6.77. The minimum atomic E-state index is -4.53. The molecule has 240 valence electrons. The van der Waals surface area contributed by atoms with Gasteiger partial charge in [0.15, 0.2) is 6.04 Å². The Balaban J connectivity index is 1.23. The Morgan fingerprint density at radius 3 is 2.09 bits per heavy atom. The SMILES string of the molecule is NC1C2CC1CN(C(=O)C(NS(=O)(=O)c1ccc(OCC3CCCCC3)cc1)C(F)(F)c1ccc(-c3ccc(Cl)cc3)cc1)C2. The molecular formula is C34H38ClF2N3O4S. The second kappa shape index (κ2) is 13.0. The second-order valence-electron chi connectivity index (χ2n) is 12.6. The first-order valence-electron chi connectivity index (χ1n) is 15.5. The van der Waals surface area contributed by atoms with Crippen molar-refractivity contribution in [1.82, 2.24) is 9.62 Å². The van der Waals surface area contributed by atoms with Gasteiger partial charge in [-0.3, -0.25) is 4.79 Å². The Morgan fingerprint density at radius 2 is 1.51 bits per heavy atom. The van der Waals surface area contributed by atoms with E-state index >= 15 is 8.78 Å². The third-order valence-electron chi connectivity index (χ3n) is 9.59. The van der Waals surface area contributed by atoms with E-state index in [1.54, 1.807) is 24.3 Å². The summed E-state index contributed by atoms with van der Waals surface area (Å²) in [7, 11) is -4.53. The van der Waals surface area contributed by atoms with E-state index in [9.17, 15) is 13.2 Å². The molecule has 0 radical (unpaired) electrons. The minimum Gasteiger partial charge on any atom is -0.493 e. The molecule has 11 heteroatoms. The number of piperidine rings is 2. The van der Waals surface area contributed by atoms with E-state index in [1.165, 1.54) is 72.7 Å². The molecule has 3 N–H and O–H groups in total. The lowest BCUT2D eigenvalue weighted by Crippen LogP contribution is -2.66. The third-order valence-corrected chi connectivity index (χ3v) is 11.3. The maximum atomic E-state index is 16.3. The first-order valence-corrected chi connectivity index (χ1v) is 17.4. The van der Waals surface area contributed by atoms with Crippen molar-refractivity contribution < 1.29 is 26.7 Å². The summed E-state index contributed by atoms with van der Waals surface area (Å²) in [6, 6.07) is 15.6. The number of sulfonamides is 1. The van der Waals surface area contributed by atoms with Gasteiger partial charge < -0.3 is 15.4 Å². The Kier molecular flexibility index (Phi) is 9.21. The number of halogens is 3. The van der Waals surface area contributed by atoms with E-state index in [0.29, 0.717) is 28.9 Å². The molecule has 3 aromatic carbocycles. The molecule has 3 aromatic rings. The number of alkyl halides is 2. The molecule has 2 aliphatic carbocycles. The van der Waals surface area contributed by atoms with Crippen LogP contribution in [0.2, 0.25) is 5.02 Å². The Morgan fingerprint density at radius 1 is 0.933 bits per heavy atom. The Bertz CT molecular complexity index is 1590. The summed E-state index contributed by atoms with van der Waals surface area (Å²) in [4.78, 5) is 14.8. The van der Waals surface area contributed by atoms with Crippen molar-refractivity contribution in [2.45, 2.75) is 61.4 Å². The number of nitrogens with two attached hydrogens (primary N) is 1. The van der Waals surface area contributed by atoms with Crippen molar-refractivity contribution in [3.8, 4) is 16.9 Å². The number of amides is 1. The number of carbonyl (C=O) groups excluding carboxylic acids is 1. The van der Waals surface area contributed by atoms with E-state index in [-0.39, 0.29) is 35.9 Å². The lowest BCUT2D eigenvalue weighted by molar-refractivity contribution is -0.151. The van der Waals surface area contributed by atoms with Gasteiger partial charge >= 0.3 is 0 Å². The van der Waals surface area contributed by atoms with Crippen molar-refractivity contribution >= 4 is 27.5 Å². The molecule has 7 rings (SSSR count). The highest BCUT2D eigenvalue weighted by Gasteiger charge is 2.53. The maximum absolute atomic E-state index is 16.3. The number of fused-ring (bicyclic) bond motifs is 2. The Labute approximate surface area is 268 Å². The Hall–Kier alpha value is -3.05. The van der Waals surface area contributed by atoms with Crippen molar-refractivity contribution in [3.05, 3.63) is 83.4 Å². The lowest BCUT2D eigenvalue weighted by atomic mass is 9.66. The maximum Gasteiger partial charge on any atom is 0.298 e. The zero-order valence-corrected chi connectivity index (χ0v) is 26.5. The van der Waals surface area contributed by atoms with Gasteiger partial charge in [-0.25, -0.2) is 8.42 Å². The lowest BCUT2D eigenvalue weighted by Gasteiger charge is -2.52. The number of hydrogen-bond donors (Lipinski definition) is 2. The van der Waals surface area contributed by atoms with Gasteiger partial charge in [-0.1, -0.05) is 67.3 Å². The normalized spacial score (nSPS) is 22.8. The number of benzene rings is 3. The van der Waals surface area contributed by atoms with Crippen LogP contribution in [-0.4, -0.2) is 51.0 Å².